The fourth-order valence-electron chi connectivity index (χ4n) is 9.86. The number of methoxy groups -OCH3 is 2. The lowest BCUT2D eigenvalue weighted by Gasteiger charge is -2.55. The van der Waals surface area contributed by atoms with Crippen molar-refractivity contribution in [3.63, 3.8) is 0 Å². The van der Waals surface area contributed by atoms with E-state index in [0.29, 0.717) is 35.2 Å². The Balaban J connectivity index is 0.783. The van der Waals surface area contributed by atoms with Crippen LogP contribution < -0.4 is 30.1 Å². The number of aryl methyl sites for hydroxylation is 1. The SMILES string of the molecule is COc1cc(-c2cn(C)c(=O)c3cnc(N(C)C)cc23)cc(OC)c1CN1CC(CN2CCC3(CC2)CN(c2ccc4c(c2)CN(C2CCC(=O)NC2=O)C4=O)C3)C1. The van der Waals surface area contributed by atoms with Crippen molar-refractivity contribution in [1.29, 1.82) is 0 Å². The highest BCUT2D eigenvalue weighted by atomic mass is 16.5. The highest BCUT2D eigenvalue weighted by molar-refractivity contribution is 6.05. The monoisotopic (exact) mass is 788 g/mol. The third kappa shape index (κ3) is 6.75. The van der Waals surface area contributed by atoms with Gasteiger partial charge in [0.1, 0.15) is 23.4 Å². The summed E-state index contributed by atoms with van der Waals surface area (Å²) in [7, 11) is 9.04. The zero-order valence-corrected chi connectivity index (χ0v) is 34.0. The van der Waals surface area contributed by atoms with Gasteiger partial charge in [-0.3, -0.25) is 29.4 Å². The number of ether oxygens (including phenoxy) is 2. The number of aromatic nitrogens is 2. The normalized spacial score (nSPS) is 20.9. The molecule has 0 radical (unpaired) electrons. The van der Waals surface area contributed by atoms with Gasteiger partial charge in [0.05, 0.1) is 25.2 Å². The first kappa shape index (κ1) is 38.1. The highest BCUT2D eigenvalue weighted by Gasteiger charge is 2.46. The minimum atomic E-state index is -0.593. The molecule has 14 nitrogen and oxygen atoms in total. The Bertz CT molecular complexity index is 2350. The van der Waals surface area contributed by atoms with Gasteiger partial charge in [-0.15, -0.1) is 0 Å². The molecule has 0 aliphatic carbocycles. The van der Waals surface area contributed by atoms with Gasteiger partial charge < -0.3 is 33.6 Å². The zero-order chi connectivity index (χ0) is 40.5. The van der Waals surface area contributed by atoms with Gasteiger partial charge in [0, 0.05) is 113 Å². The van der Waals surface area contributed by atoms with E-state index in [-0.39, 0.29) is 29.7 Å². The summed E-state index contributed by atoms with van der Waals surface area (Å²) in [5, 5.41) is 3.78. The van der Waals surface area contributed by atoms with Crippen molar-refractivity contribution in [2.75, 3.05) is 83.9 Å². The lowest BCUT2D eigenvalue weighted by molar-refractivity contribution is -0.136. The highest BCUT2D eigenvalue weighted by Crippen LogP contribution is 2.44. The van der Waals surface area contributed by atoms with Crippen LogP contribution in [-0.2, 0) is 29.7 Å². The number of fused-ring (bicyclic) bond motifs is 2. The third-order valence-corrected chi connectivity index (χ3v) is 13.2. The summed E-state index contributed by atoms with van der Waals surface area (Å²) in [4.78, 5) is 65.9. The Hall–Kier alpha value is -5.47. The maximum Gasteiger partial charge on any atom is 0.259 e. The molecule has 3 amide bonds. The van der Waals surface area contributed by atoms with Gasteiger partial charge in [0.25, 0.3) is 11.5 Å². The Morgan fingerprint density at radius 2 is 1.64 bits per heavy atom. The van der Waals surface area contributed by atoms with E-state index < -0.39 is 6.04 Å². The molecule has 4 saturated heterocycles. The molecule has 1 N–H and O–H groups in total. The number of anilines is 2. The average Bonchev–Trinajstić information content (AvgIpc) is 3.52. The van der Waals surface area contributed by atoms with Gasteiger partial charge in [-0.2, -0.15) is 0 Å². The van der Waals surface area contributed by atoms with Gasteiger partial charge in [-0.25, -0.2) is 4.98 Å². The van der Waals surface area contributed by atoms with Crippen LogP contribution in [0.15, 0.2) is 53.6 Å². The lowest BCUT2D eigenvalue weighted by Crippen LogP contribution is -2.61. The number of rotatable bonds is 10. The van der Waals surface area contributed by atoms with E-state index in [2.05, 4.69) is 43.2 Å². The van der Waals surface area contributed by atoms with Crippen molar-refractivity contribution in [2.45, 2.75) is 44.8 Å². The van der Waals surface area contributed by atoms with Crippen LogP contribution in [0.4, 0.5) is 11.5 Å². The van der Waals surface area contributed by atoms with Crippen LogP contribution in [0.5, 0.6) is 11.5 Å². The molecule has 58 heavy (non-hydrogen) atoms. The van der Waals surface area contributed by atoms with Gasteiger partial charge in [0.15, 0.2) is 0 Å². The van der Waals surface area contributed by atoms with Crippen LogP contribution in [-0.4, -0.2) is 122 Å². The first-order valence-electron chi connectivity index (χ1n) is 20.3. The fourth-order valence-corrected chi connectivity index (χ4v) is 9.86. The smallest absolute Gasteiger partial charge is 0.259 e. The summed E-state index contributed by atoms with van der Waals surface area (Å²) in [6, 6.07) is 11.6. The number of amides is 3. The number of likely N-dealkylation sites (tertiary alicyclic amines) is 2. The van der Waals surface area contributed by atoms with Crippen molar-refractivity contribution in [3.05, 3.63) is 75.8 Å². The molecule has 304 valence electrons. The van der Waals surface area contributed by atoms with E-state index >= 15 is 0 Å². The van der Waals surface area contributed by atoms with E-state index in [1.54, 1.807) is 36.9 Å². The summed E-state index contributed by atoms with van der Waals surface area (Å²) >= 11 is 0. The quantitative estimate of drug-likeness (QED) is 0.237. The van der Waals surface area contributed by atoms with Crippen molar-refractivity contribution >= 4 is 40.0 Å². The van der Waals surface area contributed by atoms with Crippen LogP contribution in [0.25, 0.3) is 21.9 Å². The van der Waals surface area contributed by atoms with Gasteiger partial charge in [0.2, 0.25) is 11.8 Å². The number of imide groups is 1. The first-order valence-corrected chi connectivity index (χ1v) is 20.3. The van der Waals surface area contributed by atoms with Crippen LogP contribution in [0.2, 0.25) is 0 Å². The molecule has 2 aromatic heterocycles. The van der Waals surface area contributed by atoms with E-state index in [0.717, 1.165) is 103 Å². The van der Waals surface area contributed by atoms with Crippen LogP contribution in [0.3, 0.4) is 0 Å². The van der Waals surface area contributed by atoms with Gasteiger partial charge >= 0.3 is 0 Å². The summed E-state index contributed by atoms with van der Waals surface area (Å²) < 4.78 is 13.6. The van der Waals surface area contributed by atoms with Crippen LogP contribution >= 0.6 is 0 Å². The Kier molecular flexibility index (Phi) is 9.66. The molecule has 5 aliphatic heterocycles. The standard InChI is InChI=1S/C44H52N8O6/c1-47(2)39-17-32-33(18-45-39)42(55)48(3)23-34(32)28-15-37(57-4)35(38(16-28)58-5)24-50-20-27(21-50)19-49-12-10-44(11-13-49)25-51(26-44)30-6-7-31-29(14-30)22-52(43(31)56)36-8-9-40(53)46-41(36)54/h6-7,14-18,23,27,36H,8-13,19-22,24-26H2,1-5H3,(H,46,53,54). The summed E-state index contributed by atoms with van der Waals surface area (Å²) in [5.74, 6) is 2.15. The minimum Gasteiger partial charge on any atom is -0.496 e. The molecule has 14 heteroatoms. The molecule has 4 aromatic rings. The van der Waals surface area contributed by atoms with E-state index in [4.69, 9.17) is 9.47 Å². The zero-order valence-electron chi connectivity index (χ0n) is 34.0. The topological polar surface area (TPSA) is 133 Å². The molecule has 0 bridgehead atoms. The number of hydrogen-bond donors (Lipinski definition) is 1. The molecule has 2 aromatic carbocycles. The molecule has 1 unspecified atom stereocenters. The largest absolute Gasteiger partial charge is 0.496 e. The van der Waals surface area contributed by atoms with Crippen molar-refractivity contribution in [2.24, 2.45) is 18.4 Å². The lowest BCUT2D eigenvalue weighted by atomic mass is 9.71. The second kappa shape index (κ2) is 14.7. The molecule has 9 rings (SSSR count). The molecular formula is C44H52N8O6. The minimum absolute atomic E-state index is 0.0896. The van der Waals surface area contributed by atoms with Crippen molar-refractivity contribution in [1.82, 2.24) is 29.6 Å². The van der Waals surface area contributed by atoms with Gasteiger partial charge in [-0.05, 0) is 85.8 Å². The second-order valence-electron chi connectivity index (χ2n) is 17.3. The number of nitrogens with one attached hydrogen (secondary N) is 1. The van der Waals surface area contributed by atoms with Crippen molar-refractivity contribution < 1.29 is 23.9 Å². The molecule has 5 aliphatic rings. The van der Waals surface area contributed by atoms with Gasteiger partial charge in [-0.1, -0.05) is 0 Å². The second-order valence-corrected chi connectivity index (χ2v) is 17.3. The number of carbonyl (C=O) groups is 3. The van der Waals surface area contributed by atoms with Crippen molar-refractivity contribution in [3.8, 4) is 22.6 Å². The molecule has 1 spiro atoms. The molecular weight excluding hydrogens is 737 g/mol. The Morgan fingerprint density at radius 1 is 0.914 bits per heavy atom. The predicted molar refractivity (Wildman–Crippen MR) is 221 cm³/mol. The number of benzene rings is 2. The number of nitrogens with zero attached hydrogens (tertiary/aromatic N) is 7. The molecule has 4 fully saturated rings. The summed E-state index contributed by atoms with van der Waals surface area (Å²) in [6.45, 7) is 8.56. The summed E-state index contributed by atoms with van der Waals surface area (Å²) in [5.41, 5.74) is 5.84. The van der Waals surface area contributed by atoms with E-state index in [1.807, 2.05) is 43.4 Å². The molecule has 7 heterocycles. The maximum absolute atomic E-state index is 13.2. The maximum atomic E-state index is 13.2. The fraction of sp³-hybridized carbons (Fsp3) is 0.477. The average molecular weight is 789 g/mol. The Morgan fingerprint density at radius 3 is 2.31 bits per heavy atom. The van der Waals surface area contributed by atoms with E-state index in [1.165, 1.54) is 12.8 Å². The number of pyridine rings is 2. The third-order valence-electron chi connectivity index (χ3n) is 13.2. The molecule has 1 atom stereocenters. The molecule has 0 saturated carbocycles. The van der Waals surface area contributed by atoms with Crippen LogP contribution in [0, 0.1) is 11.3 Å². The predicted octanol–water partition coefficient (Wildman–Crippen LogP) is 3.48. The summed E-state index contributed by atoms with van der Waals surface area (Å²) in [6.07, 6.45) is 6.54. The van der Waals surface area contributed by atoms with E-state index in [9.17, 15) is 19.2 Å². The number of carbonyl (C=O) groups excluding carboxylic acids is 3. The Labute approximate surface area is 338 Å². The van der Waals surface area contributed by atoms with Crippen LogP contribution in [0.1, 0.15) is 47.2 Å². The number of hydrogen-bond acceptors (Lipinski definition) is 11. The first-order chi connectivity index (χ1) is 27.9. The number of piperidine rings is 2.